The molecular weight excluding hydrogens is 452 g/mol. The highest BCUT2D eigenvalue weighted by atomic mass is 16.7. The van der Waals surface area contributed by atoms with Gasteiger partial charge in [-0.2, -0.15) is 0 Å². The molecule has 0 bridgehead atoms. The van der Waals surface area contributed by atoms with Crippen LogP contribution in [0.2, 0.25) is 0 Å². The maximum absolute atomic E-state index is 11.8. The lowest BCUT2D eigenvalue weighted by molar-refractivity contribution is -0.154. The lowest BCUT2D eigenvalue weighted by Gasteiger charge is -2.18. The summed E-state index contributed by atoms with van der Waals surface area (Å²) in [6.45, 7) is 5.72. The molecule has 8 heteroatoms. The summed E-state index contributed by atoms with van der Waals surface area (Å²) in [6, 6.07) is 14.7. The molecule has 0 N–H and O–H groups in total. The van der Waals surface area contributed by atoms with Crippen LogP contribution in [0.1, 0.15) is 51.2 Å². The minimum absolute atomic E-state index is 0.194. The molecule has 2 aromatic rings. The molecule has 0 aliphatic carbocycles. The predicted molar refractivity (Wildman–Crippen MR) is 129 cm³/mol. The second kappa shape index (κ2) is 14.0. The zero-order valence-corrected chi connectivity index (χ0v) is 20.8. The molecule has 0 aliphatic heterocycles. The van der Waals surface area contributed by atoms with Crippen molar-refractivity contribution >= 4 is 18.1 Å². The molecule has 0 unspecified atom stereocenters. The zero-order valence-electron chi connectivity index (χ0n) is 20.8. The van der Waals surface area contributed by atoms with Crippen molar-refractivity contribution in [2.24, 2.45) is 0 Å². The van der Waals surface area contributed by atoms with Gasteiger partial charge in [0.1, 0.15) is 23.5 Å². The van der Waals surface area contributed by atoms with Crippen molar-refractivity contribution in [3.05, 3.63) is 59.7 Å². The fourth-order valence-electron chi connectivity index (χ4n) is 3.03. The van der Waals surface area contributed by atoms with Crippen LogP contribution in [0.5, 0.6) is 11.5 Å². The van der Waals surface area contributed by atoms with Crippen molar-refractivity contribution in [3.63, 3.8) is 0 Å². The Morgan fingerprint density at radius 3 is 1.60 bits per heavy atom. The number of hydrogen-bond donors (Lipinski definition) is 0. The largest absolute Gasteiger partial charge is 0.514 e. The number of carbonyl (C=O) groups is 3. The van der Waals surface area contributed by atoms with Crippen LogP contribution in [-0.2, 0) is 36.6 Å². The van der Waals surface area contributed by atoms with Crippen LogP contribution < -0.4 is 9.47 Å². The van der Waals surface area contributed by atoms with E-state index in [4.69, 9.17) is 23.7 Å². The van der Waals surface area contributed by atoms with E-state index in [1.54, 1.807) is 40.0 Å². The van der Waals surface area contributed by atoms with Crippen LogP contribution in [-0.4, -0.2) is 44.0 Å². The molecule has 0 heterocycles. The summed E-state index contributed by atoms with van der Waals surface area (Å²) in [6.07, 6.45) is 1.52. The van der Waals surface area contributed by atoms with Gasteiger partial charge in [-0.15, -0.1) is 0 Å². The van der Waals surface area contributed by atoms with E-state index in [9.17, 15) is 14.4 Å². The maximum atomic E-state index is 11.8. The van der Waals surface area contributed by atoms with Crippen molar-refractivity contribution in [2.45, 2.75) is 58.5 Å². The Morgan fingerprint density at radius 2 is 1.17 bits per heavy atom. The lowest BCUT2D eigenvalue weighted by Crippen LogP contribution is -2.25. The van der Waals surface area contributed by atoms with Gasteiger partial charge in [0.15, 0.2) is 0 Å². The van der Waals surface area contributed by atoms with Gasteiger partial charge >= 0.3 is 18.1 Å². The molecular formula is C27H34O8. The molecule has 0 spiro atoms. The third-order valence-electron chi connectivity index (χ3n) is 4.71. The van der Waals surface area contributed by atoms with E-state index in [0.717, 1.165) is 23.3 Å². The van der Waals surface area contributed by atoms with Crippen LogP contribution in [0, 0.1) is 0 Å². The van der Waals surface area contributed by atoms with Gasteiger partial charge in [-0.25, -0.2) is 4.79 Å². The minimum Gasteiger partial charge on any atom is -0.497 e. The van der Waals surface area contributed by atoms with Gasteiger partial charge in [0, 0.05) is 0 Å². The van der Waals surface area contributed by atoms with Crippen molar-refractivity contribution in [1.82, 2.24) is 0 Å². The smallest absolute Gasteiger partial charge is 0.497 e. The molecule has 0 atom stereocenters. The number of hydrogen-bond acceptors (Lipinski definition) is 8. The van der Waals surface area contributed by atoms with Crippen molar-refractivity contribution in [3.8, 4) is 11.5 Å². The first-order chi connectivity index (χ1) is 16.6. The molecule has 0 saturated carbocycles. The molecule has 0 fully saturated rings. The lowest BCUT2D eigenvalue weighted by atomic mass is 10.1. The number of aryl methyl sites for hydroxylation is 2. The molecule has 8 nitrogen and oxygen atoms in total. The number of ether oxygens (including phenoxy) is 5. The van der Waals surface area contributed by atoms with Gasteiger partial charge in [0.25, 0.3) is 0 Å². The van der Waals surface area contributed by atoms with Crippen LogP contribution in [0.25, 0.3) is 0 Å². The summed E-state index contributed by atoms with van der Waals surface area (Å²) < 4.78 is 25.6. The normalized spacial score (nSPS) is 10.9. The molecule has 2 aromatic carbocycles. The standard InChI is InChI=1S/C27H34O8/c1-27(2,3)35-26(30)34-23-15-11-21(12-16-23)8-6-18-33-25(29)19-24(28)32-17-5-7-20-9-13-22(31-4)14-10-20/h9-16H,5-8,17-19H2,1-4H3. The molecule has 35 heavy (non-hydrogen) atoms. The monoisotopic (exact) mass is 486 g/mol. The van der Waals surface area contributed by atoms with E-state index in [0.29, 0.717) is 25.0 Å². The quantitative estimate of drug-likeness (QED) is 0.135. The maximum Gasteiger partial charge on any atom is 0.514 e. The van der Waals surface area contributed by atoms with E-state index in [2.05, 4.69) is 0 Å². The highest BCUT2D eigenvalue weighted by Crippen LogP contribution is 2.16. The molecule has 0 saturated heterocycles. The Labute approximate surface area is 206 Å². The van der Waals surface area contributed by atoms with E-state index < -0.39 is 30.1 Å². The first-order valence-corrected chi connectivity index (χ1v) is 11.6. The summed E-state index contributed by atoms with van der Waals surface area (Å²) >= 11 is 0. The molecule has 0 aromatic heterocycles. The summed E-state index contributed by atoms with van der Waals surface area (Å²) in [7, 11) is 1.62. The highest BCUT2D eigenvalue weighted by molar-refractivity contribution is 5.91. The number of methoxy groups -OCH3 is 1. The Balaban J connectivity index is 1.56. The summed E-state index contributed by atoms with van der Waals surface area (Å²) in [5.41, 5.74) is 1.49. The first-order valence-electron chi connectivity index (χ1n) is 11.6. The molecule has 190 valence electrons. The number of carbonyl (C=O) groups excluding carboxylic acids is 3. The summed E-state index contributed by atoms with van der Waals surface area (Å²) in [4.78, 5) is 35.3. The van der Waals surface area contributed by atoms with Crippen molar-refractivity contribution in [2.75, 3.05) is 20.3 Å². The predicted octanol–water partition coefficient (Wildman–Crippen LogP) is 5.05. The average molecular weight is 487 g/mol. The van der Waals surface area contributed by atoms with Gasteiger partial charge in [-0.1, -0.05) is 24.3 Å². The Kier molecular flexibility index (Phi) is 11.1. The van der Waals surface area contributed by atoms with Crippen LogP contribution >= 0.6 is 0 Å². The highest BCUT2D eigenvalue weighted by Gasteiger charge is 2.18. The summed E-state index contributed by atoms with van der Waals surface area (Å²) in [5.74, 6) is -0.0185. The number of benzene rings is 2. The van der Waals surface area contributed by atoms with Crippen LogP contribution in [0.4, 0.5) is 4.79 Å². The Morgan fingerprint density at radius 1 is 0.714 bits per heavy atom. The second-order valence-electron chi connectivity index (χ2n) is 8.88. The van der Waals surface area contributed by atoms with Gasteiger partial charge < -0.3 is 23.7 Å². The van der Waals surface area contributed by atoms with Gasteiger partial charge in [0.05, 0.1) is 20.3 Å². The van der Waals surface area contributed by atoms with E-state index in [1.165, 1.54) is 0 Å². The topological polar surface area (TPSA) is 97.4 Å². The van der Waals surface area contributed by atoms with Crippen LogP contribution in [0.3, 0.4) is 0 Å². The zero-order chi connectivity index (χ0) is 25.7. The van der Waals surface area contributed by atoms with Gasteiger partial charge in [-0.3, -0.25) is 9.59 Å². The SMILES string of the molecule is COc1ccc(CCCOC(=O)CC(=O)OCCCc2ccc(OC(=O)OC(C)(C)C)cc2)cc1. The number of esters is 2. The van der Waals surface area contributed by atoms with Gasteiger partial charge in [-0.05, 0) is 81.8 Å². The van der Waals surface area contributed by atoms with Crippen molar-refractivity contribution in [1.29, 1.82) is 0 Å². The molecule has 0 radical (unpaired) electrons. The molecule has 2 rings (SSSR count). The third-order valence-corrected chi connectivity index (χ3v) is 4.71. The first kappa shape index (κ1) is 27.7. The minimum atomic E-state index is -0.757. The van der Waals surface area contributed by atoms with Gasteiger partial charge in [0.2, 0.25) is 0 Å². The Bertz CT molecular complexity index is 943. The molecule has 0 amide bonds. The number of rotatable bonds is 12. The fourth-order valence-corrected chi connectivity index (χ4v) is 3.03. The third kappa shape index (κ3) is 11.9. The summed E-state index contributed by atoms with van der Waals surface area (Å²) in [5, 5.41) is 0. The fraction of sp³-hybridized carbons (Fsp3) is 0.444. The Hall–Kier alpha value is -3.55. The van der Waals surface area contributed by atoms with E-state index in [1.807, 2.05) is 36.4 Å². The average Bonchev–Trinajstić information content (AvgIpc) is 2.80. The second-order valence-corrected chi connectivity index (χ2v) is 8.88. The molecule has 0 aliphatic rings. The van der Waals surface area contributed by atoms with E-state index >= 15 is 0 Å². The van der Waals surface area contributed by atoms with E-state index in [-0.39, 0.29) is 13.2 Å². The van der Waals surface area contributed by atoms with Crippen LogP contribution in [0.15, 0.2) is 48.5 Å². The van der Waals surface area contributed by atoms with Crippen molar-refractivity contribution < 1.29 is 38.1 Å².